The first kappa shape index (κ1) is 33.8. The lowest BCUT2D eigenvalue weighted by Gasteiger charge is -2.49. The predicted octanol–water partition coefficient (Wildman–Crippen LogP) is 5.02. The van der Waals surface area contributed by atoms with E-state index in [1.807, 2.05) is 6.08 Å². The van der Waals surface area contributed by atoms with Crippen LogP contribution >= 0.6 is 0 Å². The first-order chi connectivity index (χ1) is 21.3. The lowest BCUT2D eigenvalue weighted by Crippen LogP contribution is -2.58. The average Bonchev–Trinajstić information content (AvgIpc) is 3.33. The summed E-state index contributed by atoms with van der Waals surface area (Å²) in [6.07, 6.45) is 12.0. The van der Waals surface area contributed by atoms with Gasteiger partial charge in [0.1, 0.15) is 36.4 Å². The van der Waals surface area contributed by atoms with Crippen LogP contribution in [0.1, 0.15) is 80.1 Å². The van der Waals surface area contributed by atoms with Crippen molar-refractivity contribution < 1.29 is 43.5 Å². The van der Waals surface area contributed by atoms with Crippen LogP contribution in [0.15, 0.2) is 58.7 Å². The molecule has 1 spiro atoms. The fraction of sp³-hybridized carbons (Fsp3) is 0.667. The fourth-order valence-electron chi connectivity index (χ4n) is 7.27. The maximum absolute atomic E-state index is 14.2. The molecule has 4 aliphatic heterocycles. The van der Waals surface area contributed by atoms with Crippen LogP contribution < -0.4 is 0 Å². The molecule has 3 fully saturated rings. The monoisotopic (exact) mass is 626 g/mol. The minimum absolute atomic E-state index is 0.000603. The van der Waals surface area contributed by atoms with Crippen molar-refractivity contribution >= 4 is 11.9 Å². The predicted molar refractivity (Wildman–Crippen MR) is 168 cm³/mol. The number of aliphatic hydroxyl groups excluding tert-OH is 1. The molecule has 0 radical (unpaired) electrons. The Hall–Kier alpha value is -2.56. The topological polar surface area (TPSA) is 121 Å². The molecule has 0 saturated carbocycles. The van der Waals surface area contributed by atoms with Gasteiger partial charge in [0.25, 0.3) is 0 Å². The van der Waals surface area contributed by atoms with Gasteiger partial charge in [0.05, 0.1) is 18.8 Å². The first-order valence-electron chi connectivity index (χ1n) is 16.5. The number of rotatable bonds is 3. The van der Waals surface area contributed by atoms with E-state index < -0.39 is 47.6 Å². The molecule has 0 amide bonds. The smallest absolute Gasteiger partial charge is 0.333 e. The zero-order valence-electron chi connectivity index (χ0n) is 27.5. The van der Waals surface area contributed by atoms with Crippen LogP contribution in [0, 0.1) is 17.8 Å². The Labute approximate surface area is 267 Å². The zero-order chi connectivity index (χ0) is 32.5. The number of allylic oxidation sites excluding steroid dienone is 5. The van der Waals surface area contributed by atoms with E-state index in [2.05, 4.69) is 39.8 Å². The van der Waals surface area contributed by atoms with E-state index in [0.29, 0.717) is 42.7 Å². The van der Waals surface area contributed by atoms with E-state index in [0.717, 1.165) is 12.8 Å². The molecule has 0 aromatic rings. The molecule has 10 atom stereocenters. The van der Waals surface area contributed by atoms with Crippen molar-refractivity contribution in [3.63, 3.8) is 0 Å². The summed E-state index contributed by atoms with van der Waals surface area (Å²) >= 11 is 0. The molecule has 4 heterocycles. The number of esters is 2. The molecule has 5 aliphatic rings. The molecule has 3 saturated heterocycles. The third kappa shape index (κ3) is 7.08. The van der Waals surface area contributed by atoms with E-state index in [4.69, 9.17) is 23.7 Å². The second kappa shape index (κ2) is 13.7. The van der Waals surface area contributed by atoms with Crippen molar-refractivity contribution in [3.05, 3.63) is 58.7 Å². The molecule has 5 rings (SSSR count). The average molecular weight is 627 g/mol. The highest BCUT2D eigenvalue weighted by Gasteiger charge is 2.60. The number of hydrogen-bond acceptors (Lipinski definition) is 9. The Bertz CT molecular complexity index is 1290. The van der Waals surface area contributed by atoms with E-state index in [-0.39, 0.29) is 36.9 Å². The van der Waals surface area contributed by atoms with Gasteiger partial charge in [-0.2, -0.15) is 0 Å². The largest absolute Gasteiger partial charge is 0.462 e. The van der Waals surface area contributed by atoms with Gasteiger partial charge < -0.3 is 33.9 Å². The van der Waals surface area contributed by atoms with E-state index in [1.165, 1.54) is 11.6 Å². The summed E-state index contributed by atoms with van der Waals surface area (Å²) in [5.41, 5.74) is 0.581. The molecule has 10 unspecified atom stereocenters. The van der Waals surface area contributed by atoms with Crippen molar-refractivity contribution in [2.75, 3.05) is 13.2 Å². The van der Waals surface area contributed by atoms with Gasteiger partial charge in [0, 0.05) is 24.8 Å². The minimum atomic E-state index is -1.85. The molecular weight excluding hydrogens is 576 g/mol. The normalized spacial score (nSPS) is 41.0. The van der Waals surface area contributed by atoms with Gasteiger partial charge in [-0.3, -0.25) is 4.79 Å². The Morgan fingerprint density at radius 1 is 1.20 bits per heavy atom. The summed E-state index contributed by atoms with van der Waals surface area (Å²) in [5.74, 6) is -2.59. The van der Waals surface area contributed by atoms with Gasteiger partial charge >= 0.3 is 11.9 Å². The van der Waals surface area contributed by atoms with Gasteiger partial charge in [-0.25, -0.2) is 4.79 Å². The zero-order valence-corrected chi connectivity index (χ0v) is 27.5. The number of carbonyl (C=O) groups excluding carboxylic acids is 2. The number of carbonyl (C=O) groups is 2. The lowest BCUT2D eigenvalue weighted by molar-refractivity contribution is -0.332. The molecule has 45 heavy (non-hydrogen) atoms. The number of fused-ring (bicyclic) bond motifs is 2. The van der Waals surface area contributed by atoms with Crippen molar-refractivity contribution in [1.82, 2.24) is 0 Å². The van der Waals surface area contributed by atoms with Gasteiger partial charge in [-0.1, -0.05) is 55.9 Å². The van der Waals surface area contributed by atoms with Crippen LogP contribution in [0.3, 0.4) is 0 Å². The highest BCUT2D eigenvalue weighted by molar-refractivity contribution is 5.87. The molecule has 248 valence electrons. The summed E-state index contributed by atoms with van der Waals surface area (Å²) in [4.78, 5) is 26.6. The number of hydrogen-bond donors (Lipinski definition) is 2. The van der Waals surface area contributed by atoms with Crippen molar-refractivity contribution in [2.24, 2.45) is 17.8 Å². The fourth-order valence-corrected chi connectivity index (χ4v) is 7.27. The Morgan fingerprint density at radius 3 is 2.71 bits per heavy atom. The summed E-state index contributed by atoms with van der Waals surface area (Å²) in [7, 11) is 0. The maximum atomic E-state index is 14.2. The summed E-state index contributed by atoms with van der Waals surface area (Å²) < 4.78 is 30.8. The minimum Gasteiger partial charge on any atom is -0.462 e. The van der Waals surface area contributed by atoms with Crippen molar-refractivity contribution in [3.8, 4) is 0 Å². The molecule has 0 aromatic heterocycles. The summed E-state index contributed by atoms with van der Waals surface area (Å²) in [5, 5.41) is 23.6. The van der Waals surface area contributed by atoms with Crippen LogP contribution in [0.2, 0.25) is 0 Å². The second-order valence-electron chi connectivity index (χ2n) is 13.8. The lowest BCUT2D eigenvalue weighted by atomic mass is 9.70. The summed E-state index contributed by atoms with van der Waals surface area (Å²) in [6.45, 7) is 11.6. The SMILES string of the molecule is CC=C(C)C(=O)OCC1=CC2C(=O)OC3CC(CC=C(C)CC(C)C=CC=C4COC(C1O)C42O)OC1(CCC(C)C(C)O1)C3. The van der Waals surface area contributed by atoms with E-state index in [9.17, 15) is 19.8 Å². The second-order valence-corrected chi connectivity index (χ2v) is 13.8. The Balaban J connectivity index is 1.51. The van der Waals surface area contributed by atoms with Gasteiger partial charge in [-0.15, -0.1) is 0 Å². The molecule has 2 bridgehead atoms. The van der Waals surface area contributed by atoms with Crippen molar-refractivity contribution in [2.45, 2.75) is 122 Å². The summed E-state index contributed by atoms with van der Waals surface area (Å²) in [6, 6.07) is 0. The first-order valence-corrected chi connectivity index (χ1v) is 16.5. The third-order valence-electron chi connectivity index (χ3n) is 10.3. The molecular formula is C36H50O9. The molecule has 0 aromatic carbocycles. The molecule has 2 N–H and O–H groups in total. The Kier molecular flexibility index (Phi) is 10.3. The van der Waals surface area contributed by atoms with Crippen LogP contribution in [0.4, 0.5) is 0 Å². The molecule has 9 heteroatoms. The standard InChI is InChI=1S/C36H50O9/c1-7-23(4)33(38)42-19-26-16-30-34(39)43-29-17-28(45-35(18-29)14-13-24(5)25(6)44-35)12-11-22(3)15-21(2)9-8-10-27-20-41-32(31(26)37)36(27,30)40/h7-11,16,21,24-25,28-32,37,40H,12-15,17-20H2,1-6H3. The van der Waals surface area contributed by atoms with Crippen molar-refractivity contribution in [1.29, 1.82) is 0 Å². The number of ether oxygens (including phenoxy) is 5. The molecule has 1 aliphatic carbocycles. The van der Waals surface area contributed by atoms with Gasteiger partial charge in [0.2, 0.25) is 0 Å². The van der Waals surface area contributed by atoms with Gasteiger partial charge in [0.15, 0.2) is 5.79 Å². The van der Waals surface area contributed by atoms with Crippen LogP contribution in [-0.4, -0.2) is 77.3 Å². The van der Waals surface area contributed by atoms with Crippen LogP contribution in [0.5, 0.6) is 0 Å². The Morgan fingerprint density at radius 2 is 1.98 bits per heavy atom. The molecule has 9 nitrogen and oxygen atoms in total. The van der Waals surface area contributed by atoms with Gasteiger partial charge in [-0.05, 0) is 69.9 Å². The highest BCUT2D eigenvalue weighted by atomic mass is 16.7. The maximum Gasteiger partial charge on any atom is 0.333 e. The van der Waals surface area contributed by atoms with Crippen LogP contribution in [0.25, 0.3) is 0 Å². The van der Waals surface area contributed by atoms with Crippen LogP contribution in [-0.2, 0) is 33.3 Å². The number of aliphatic hydroxyl groups is 2. The quantitative estimate of drug-likeness (QED) is 0.253. The highest BCUT2D eigenvalue weighted by Crippen LogP contribution is 2.47. The van der Waals surface area contributed by atoms with E-state index >= 15 is 0 Å². The van der Waals surface area contributed by atoms with E-state index in [1.54, 1.807) is 26.0 Å². The third-order valence-corrected chi connectivity index (χ3v) is 10.3.